The van der Waals surface area contributed by atoms with Gasteiger partial charge in [0.05, 0.1) is 0 Å². The third-order valence-electron chi connectivity index (χ3n) is 1.21. The average Bonchev–Trinajstić information content (AvgIpc) is 2.27. The van der Waals surface area contributed by atoms with Gasteiger partial charge in [-0.1, -0.05) is 11.6 Å². The van der Waals surface area contributed by atoms with Gasteiger partial charge in [-0.05, 0) is 6.08 Å². The van der Waals surface area contributed by atoms with Crippen molar-refractivity contribution in [3.63, 3.8) is 0 Å². The number of hydrogen-bond acceptors (Lipinski definition) is 2. The molecular formula is C6H3ClN3. The van der Waals surface area contributed by atoms with Crippen molar-refractivity contribution >= 4 is 23.5 Å². The molecule has 0 aliphatic carbocycles. The molecule has 1 aliphatic heterocycles. The Morgan fingerprint density at radius 3 is 3.10 bits per heavy atom. The van der Waals surface area contributed by atoms with Crippen molar-refractivity contribution in [1.29, 1.82) is 0 Å². The minimum atomic E-state index is 0.468. The summed E-state index contributed by atoms with van der Waals surface area (Å²) in [6.07, 6.45) is 4.86. The van der Waals surface area contributed by atoms with Crippen LogP contribution in [0.1, 0.15) is 5.56 Å². The van der Waals surface area contributed by atoms with Gasteiger partial charge in [-0.3, -0.25) is 0 Å². The first-order valence-corrected chi connectivity index (χ1v) is 3.13. The molecule has 0 N–H and O–H groups in total. The van der Waals surface area contributed by atoms with Crippen molar-refractivity contribution in [2.24, 2.45) is 0 Å². The normalized spacial score (nSPS) is 13.9. The highest BCUT2D eigenvalue weighted by Gasteiger charge is 2.11. The molecule has 2 rings (SSSR count). The zero-order valence-corrected chi connectivity index (χ0v) is 5.71. The van der Waals surface area contributed by atoms with Crippen molar-refractivity contribution < 1.29 is 0 Å². The summed E-state index contributed by atoms with van der Waals surface area (Å²) in [5.74, 6) is 0.653. The van der Waals surface area contributed by atoms with E-state index in [4.69, 9.17) is 11.6 Å². The average molecular weight is 153 g/mol. The van der Waals surface area contributed by atoms with E-state index in [1.54, 1.807) is 12.3 Å². The smallest absolute Gasteiger partial charge is 0.164 e. The fourth-order valence-corrected chi connectivity index (χ4v) is 0.989. The van der Waals surface area contributed by atoms with Crippen LogP contribution in [0.4, 0.5) is 5.82 Å². The maximum atomic E-state index is 5.60. The first-order chi connectivity index (χ1) is 4.86. The molecule has 1 radical (unpaired) electrons. The molecule has 0 saturated heterocycles. The minimum absolute atomic E-state index is 0.468. The Kier molecular flexibility index (Phi) is 1.11. The van der Waals surface area contributed by atoms with E-state index < -0.39 is 0 Å². The van der Waals surface area contributed by atoms with Crippen molar-refractivity contribution in [2.45, 2.75) is 0 Å². The molecule has 0 saturated carbocycles. The van der Waals surface area contributed by atoms with Gasteiger partial charge >= 0.3 is 0 Å². The highest BCUT2D eigenvalue weighted by Crippen LogP contribution is 2.24. The fourth-order valence-electron chi connectivity index (χ4n) is 0.791. The van der Waals surface area contributed by atoms with E-state index in [-0.39, 0.29) is 0 Å². The van der Waals surface area contributed by atoms with Crippen molar-refractivity contribution in [3.05, 3.63) is 23.2 Å². The summed E-state index contributed by atoms with van der Waals surface area (Å²) >= 11 is 5.60. The van der Waals surface area contributed by atoms with Crippen molar-refractivity contribution in [3.8, 4) is 0 Å². The molecule has 0 amide bonds. The highest BCUT2D eigenvalue weighted by molar-refractivity contribution is 6.32. The number of rotatable bonds is 0. The summed E-state index contributed by atoms with van der Waals surface area (Å²) in [6.45, 7) is 0. The summed E-state index contributed by atoms with van der Waals surface area (Å²) in [5.41, 5.74) is 0.882. The molecule has 3 nitrogen and oxygen atoms in total. The second kappa shape index (κ2) is 1.95. The first-order valence-electron chi connectivity index (χ1n) is 2.75. The lowest BCUT2D eigenvalue weighted by atomic mass is 10.3. The molecule has 0 unspecified atom stereocenters. The standard InChI is InChI=1S/C6H3ClN3/c7-5-1-4-2-8-3-9-6(4)10-5/h1-3H. The molecule has 10 heavy (non-hydrogen) atoms. The predicted molar refractivity (Wildman–Crippen MR) is 37.7 cm³/mol. The third kappa shape index (κ3) is 0.752. The van der Waals surface area contributed by atoms with Gasteiger partial charge in [0.1, 0.15) is 11.5 Å². The van der Waals surface area contributed by atoms with E-state index >= 15 is 0 Å². The molecular weight excluding hydrogens is 150 g/mol. The van der Waals surface area contributed by atoms with Gasteiger partial charge in [0.25, 0.3) is 0 Å². The molecule has 49 valence electrons. The topological polar surface area (TPSA) is 39.9 Å². The Hall–Kier alpha value is -1.09. The molecule has 0 fully saturated rings. The van der Waals surface area contributed by atoms with E-state index in [1.165, 1.54) is 6.33 Å². The Morgan fingerprint density at radius 2 is 2.30 bits per heavy atom. The minimum Gasteiger partial charge on any atom is -0.244 e. The monoisotopic (exact) mass is 152 g/mol. The Labute approximate surface area is 62.8 Å². The number of aromatic nitrogens is 2. The van der Waals surface area contributed by atoms with Crippen LogP contribution in [0, 0.1) is 0 Å². The van der Waals surface area contributed by atoms with Crippen molar-refractivity contribution in [2.75, 3.05) is 0 Å². The van der Waals surface area contributed by atoms with Crippen LogP contribution in [0.3, 0.4) is 0 Å². The Balaban J connectivity index is 2.54. The largest absolute Gasteiger partial charge is 0.244 e. The highest BCUT2D eigenvalue weighted by atomic mass is 35.5. The number of hydrogen-bond donors (Lipinski definition) is 0. The van der Waals surface area contributed by atoms with E-state index in [9.17, 15) is 0 Å². The maximum Gasteiger partial charge on any atom is 0.164 e. The lowest BCUT2D eigenvalue weighted by Gasteiger charge is -1.91. The van der Waals surface area contributed by atoms with Crippen LogP contribution in [0.2, 0.25) is 0 Å². The number of fused-ring (bicyclic) bond motifs is 1. The van der Waals surface area contributed by atoms with Crippen LogP contribution >= 0.6 is 11.6 Å². The van der Waals surface area contributed by atoms with Gasteiger partial charge in [-0.25, -0.2) is 15.3 Å². The van der Waals surface area contributed by atoms with Crippen LogP contribution in [0.25, 0.3) is 6.08 Å². The van der Waals surface area contributed by atoms with E-state index in [0.717, 1.165) is 5.56 Å². The van der Waals surface area contributed by atoms with Gasteiger partial charge < -0.3 is 0 Å². The second-order valence-electron chi connectivity index (χ2n) is 1.88. The molecule has 0 aromatic carbocycles. The van der Waals surface area contributed by atoms with Crippen LogP contribution in [0.15, 0.2) is 17.7 Å². The van der Waals surface area contributed by atoms with Crippen LogP contribution in [0.5, 0.6) is 0 Å². The quantitative estimate of drug-likeness (QED) is 0.525. The molecule has 1 aromatic rings. The Bertz CT molecular complexity index is 295. The molecule has 0 atom stereocenters. The van der Waals surface area contributed by atoms with Gasteiger partial charge in [0.15, 0.2) is 5.82 Å². The summed E-state index contributed by atoms with van der Waals surface area (Å²) in [7, 11) is 0. The van der Waals surface area contributed by atoms with Gasteiger partial charge in [0.2, 0.25) is 0 Å². The summed E-state index contributed by atoms with van der Waals surface area (Å²) in [5, 5.41) is 4.40. The van der Waals surface area contributed by atoms with Crippen molar-refractivity contribution in [1.82, 2.24) is 15.3 Å². The zero-order valence-electron chi connectivity index (χ0n) is 4.95. The van der Waals surface area contributed by atoms with Gasteiger partial charge in [-0.2, -0.15) is 0 Å². The predicted octanol–water partition coefficient (Wildman–Crippen LogP) is 1.26. The summed E-state index contributed by atoms with van der Waals surface area (Å²) in [4.78, 5) is 7.71. The lowest BCUT2D eigenvalue weighted by Crippen LogP contribution is -1.89. The third-order valence-corrected chi connectivity index (χ3v) is 1.40. The first kappa shape index (κ1) is 5.68. The van der Waals surface area contributed by atoms with E-state index in [1.807, 2.05) is 0 Å². The summed E-state index contributed by atoms with van der Waals surface area (Å²) in [6, 6.07) is 0. The second-order valence-corrected chi connectivity index (χ2v) is 2.27. The number of halogens is 1. The molecule has 0 spiro atoms. The molecule has 1 aliphatic rings. The SMILES string of the molecule is ClC1=Cc2cncnc2[N]1. The van der Waals surface area contributed by atoms with Crippen LogP contribution in [-0.2, 0) is 0 Å². The molecule has 0 bridgehead atoms. The zero-order chi connectivity index (χ0) is 6.97. The molecule has 1 aromatic heterocycles. The van der Waals surface area contributed by atoms with Crippen LogP contribution in [-0.4, -0.2) is 9.97 Å². The van der Waals surface area contributed by atoms with Gasteiger partial charge in [-0.15, -0.1) is 0 Å². The van der Waals surface area contributed by atoms with Crippen LogP contribution < -0.4 is 5.32 Å². The molecule has 4 heteroatoms. The fraction of sp³-hybridized carbons (Fsp3) is 0. The van der Waals surface area contributed by atoms with E-state index in [2.05, 4.69) is 15.3 Å². The molecule has 2 heterocycles. The van der Waals surface area contributed by atoms with Gasteiger partial charge in [0, 0.05) is 11.8 Å². The lowest BCUT2D eigenvalue weighted by molar-refractivity contribution is 1.06. The van der Waals surface area contributed by atoms with E-state index in [0.29, 0.717) is 11.0 Å². The number of nitrogens with zero attached hydrogens (tertiary/aromatic N) is 3. The summed E-state index contributed by atoms with van der Waals surface area (Å²) < 4.78 is 0. The Morgan fingerprint density at radius 1 is 1.40 bits per heavy atom. The maximum absolute atomic E-state index is 5.60.